The van der Waals surface area contributed by atoms with Crippen LogP contribution in [0.2, 0.25) is 0 Å². The molecule has 4 N–H and O–H groups in total. The minimum atomic E-state index is -1.07. The highest BCUT2D eigenvalue weighted by Gasteiger charge is 2.29. The van der Waals surface area contributed by atoms with Crippen molar-refractivity contribution in [2.75, 3.05) is 52.9 Å². The molecule has 0 saturated carbocycles. The number of carbonyl (C=O) groups is 8. The zero-order chi connectivity index (χ0) is 59.6. The molecule has 0 heterocycles. The first-order valence-corrected chi connectivity index (χ1v) is 24.9. The molecular weight excluding hydrogens is 993 g/mol. The van der Waals surface area contributed by atoms with Gasteiger partial charge in [-0.3, -0.25) is 14.4 Å². The molecule has 0 aliphatic carbocycles. The lowest BCUT2D eigenvalue weighted by Crippen LogP contribution is -2.31. The van der Waals surface area contributed by atoms with E-state index in [1.165, 1.54) is 20.8 Å². The second-order valence-corrected chi connectivity index (χ2v) is 19.6. The fourth-order valence-corrected chi connectivity index (χ4v) is 4.34. The summed E-state index contributed by atoms with van der Waals surface area (Å²) in [5.74, 6) is -4.20. The van der Waals surface area contributed by atoms with Gasteiger partial charge in [0, 0.05) is 22.8 Å². The van der Waals surface area contributed by atoms with Gasteiger partial charge in [-0.05, 0) is 97.3 Å². The topological polar surface area (TPSA) is 291 Å². The maximum absolute atomic E-state index is 12.0. The Hall–Kier alpha value is -6.22. The van der Waals surface area contributed by atoms with Gasteiger partial charge in [0.1, 0.15) is 77.3 Å². The molecule has 432 valence electrons. The highest BCUT2D eigenvalue weighted by atomic mass is 16.6. The van der Waals surface area contributed by atoms with Crippen LogP contribution in [0.4, 0.5) is 0 Å². The van der Waals surface area contributed by atoms with E-state index < -0.39 is 65.1 Å². The third-order valence-corrected chi connectivity index (χ3v) is 11.2. The summed E-state index contributed by atoms with van der Waals surface area (Å²) in [5.41, 5.74) is 1.22. The Morgan fingerprint density at radius 1 is 0.500 bits per heavy atom. The van der Waals surface area contributed by atoms with Crippen molar-refractivity contribution in [2.45, 2.75) is 152 Å². The molecule has 5 atom stereocenters. The molecule has 1 aromatic rings. The first kappa shape index (κ1) is 74.0. The lowest BCUT2D eigenvalue weighted by atomic mass is 9.82. The van der Waals surface area contributed by atoms with Crippen LogP contribution < -0.4 is 0 Å². The normalized spacial score (nSPS) is 12.8. The quantitative estimate of drug-likeness (QED) is 0.0375. The molecule has 20 nitrogen and oxygen atoms in total. The van der Waals surface area contributed by atoms with E-state index in [1.54, 1.807) is 46.8 Å². The number of aliphatic hydroxyl groups is 4. The summed E-state index contributed by atoms with van der Waals surface area (Å²) in [6.07, 6.45) is -0.160. The number of esters is 8. The number of hydrogen-bond acceptors (Lipinski definition) is 20. The van der Waals surface area contributed by atoms with E-state index in [1.807, 2.05) is 32.9 Å². The van der Waals surface area contributed by atoms with E-state index in [2.05, 4.69) is 51.8 Å². The van der Waals surface area contributed by atoms with E-state index in [4.69, 9.17) is 33.2 Å². The molecule has 0 bridgehead atoms. The lowest BCUT2D eigenvalue weighted by molar-refractivity contribution is -0.160. The van der Waals surface area contributed by atoms with Crippen molar-refractivity contribution in [1.82, 2.24) is 0 Å². The molecular formula is C56H88O20. The third kappa shape index (κ3) is 33.6. The van der Waals surface area contributed by atoms with Gasteiger partial charge in [0.05, 0.1) is 22.3 Å². The molecule has 5 unspecified atom stereocenters. The van der Waals surface area contributed by atoms with Gasteiger partial charge in [-0.2, -0.15) is 0 Å². The summed E-state index contributed by atoms with van der Waals surface area (Å²) >= 11 is 0. The van der Waals surface area contributed by atoms with Crippen molar-refractivity contribution < 1.29 is 96.7 Å². The molecule has 1 aromatic carbocycles. The predicted molar refractivity (Wildman–Crippen MR) is 283 cm³/mol. The van der Waals surface area contributed by atoms with Gasteiger partial charge in [-0.25, -0.2) is 24.0 Å². The van der Waals surface area contributed by atoms with Gasteiger partial charge < -0.3 is 58.3 Å². The molecule has 0 aliphatic rings. The maximum Gasteiger partial charge on any atom is 0.338 e. The lowest BCUT2D eigenvalue weighted by Gasteiger charge is -2.23. The summed E-state index contributed by atoms with van der Waals surface area (Å²) in [6.45, 7) is 37.1. The fraction of sp³-hybridized carbons (Fsp3) is 0.607. The van der Waals surface area contributed by atoms with E-state index in [0.29, 0.717) is 24.8 Å². The number of hydrogen-bond donors (Lipinski definition) is 4. The third-order valence-electron chi connectivity index (χ3n) is 11.2. The molecule has 0 aromatic heterocycles. The molecule has 0 radical (unpaired) electrons. The highest BCUT2D eigenvalue weighted by Crippen LogP contribution is 2.27. The first-order valence-electron chi connectivity index (χ1n) is 24.9. The van der Waals surface area contributed by atoms with Gasteiger partial charge >= 0.3 is 47.8 Å². The second kappa shape index (κ2) is 38.3. The van der Waals surface area contributed by atoms with E-state index in [-0.39, 0.29) is 98.8 Å². The van der Waals surface area contributed by atoms with E-state index >= 15 is 0 Å². The van der Waals surface area contributed by atoms with Crippen LogP contribution >= 0.6 is 0 Å². The zero-order valence-corrected chi connectivity index (χ0v) is 47.4. The molecule has 0 amide bonds. The number of ether oxygens (including phenoxy) is 8. The molecule has 0 aliphatic heterocycles. The average Bonchev–Trinajstić information content (AvgIpc) is 3.39. The summed E-state index contributed by atoms with van der Waals surface area (Å²) < 4.78 is 38.6. The Balaban J connectivity index is -0.000000947. The van der Waals surface area contributed by atoms with E-state index in [0.717, 1.165) is 18.1 Å². The Bertz CT molecular complexity index is 2030. The van der Waals surface area contributed by atoms with Gasteiger partial charge in [0.2, 0.25) is 0 Å². The van der Waals surface area contributed by atoms with Crippen LogP contribution in [0, 0.1) is 16.7 Å². The standard InChI is InChI=1S/C19H26O5.C13H22O5.2C12H20O5/c1-6-19(4,5)15-9-7-14(8-10-15)18(22)24-12-16(20)11-23-17(21)13(2)3;1-6-13(4,5)12(16)18-8-10(14)7-17-11(15)9(2)3;1-5-9(4)12(15)17-7-10(13)6-16-11(14)8(2)3;1-5-10(14)16-7-9(13)8-17-11(15)12(3,4)6-2/h7-10,16,20H,2,6,11-12H2,1,3-5H3;10,14H,2,6-8H2,1,3-5H3;9-10,13H,2,5-7H2,1,3-4H3;5,9,13H,1,6-8H2,2-4H3. The van der Waals surface area contributed by atoms with Crippen LogP contribution in [-0.4, -0.2) is 145 Å². The summed E-state index contributed by atoms with van der Waals surface area (Å²) in [6, 6.07) is 7.24. The molecule has 0 saturated heterocycles. The molecule has 76 heavy (non-hydrogen) atoms. The second-order valence-electron chi connectivity index (χ2n) is 19.6. The summed E-state index contributed by atoms with van der Waals surface area (Å²) in [7, 11) is 0. The van der Waals surface area contributed by atoms with E-state index in [9.17, 15) is 58.8 Å². The molecule has 1 rings (SSSR count). The van der Waals surface area contributed by atoms with Crippen LogP contribution in [-0.2, 0) is 76.9 Å². The van der Waals surface area contributed by atoms with Crippen molar-refractivity contribution in [2.24, 2.45) is 16.7 Å². The smallest absolute Gasteiger partial charge is 0.338 e. The molecule has 0 fully saturated rings. The summed E-state index contributed by atoms with van der Waals surface area (Å²) in [5, 5.41) is 37.9. The van der Waals surface area contributed by atoms with Crippen LogP contribution in [0.3, 0.4) is 0 Å². The van der Waals surface area contributed by atoms with Gasteiger partial charge in [-0.1, -0.05) is 86.9 Å². The monoisotopic (exact) mass is 1080 g/mol. The number of carbonyl (C=O) groups excluding carboxylic acids is 8. The molecule has 0 spiro atoms. The Morgan fingerprint density at radius 3 is 1.12 bits per heavy atom. The Labute approximate surface area is 449 Å². The highest BCUT2D eigenvalue weighted by molar-refractivity contribution is 5.90. The van der Waals surface area contributed by atoms with Crippen molar-refractivity contribution in [1.29, 1.82) is 0 Å². The number of benzene rings is 1. The van der Waals surface area contributed by atoms with Crippen molar-refractivity contribution in [3.8, 4) is 0 Å². The average molecular weight is 1080 g/mol. The van der Waals surface area contributed by atoms with Gasteiger partial charge in [0.15, 0.2) is 0 Å². The summed E-state index contributed by atoms with van der Waals surface area (Å²) in [4.78, 5) is 90.3. The van der Waals surface area contributed by atoms with Gasteiger partial charge in [0.25, 0.3) is 0 Å². The fourth-order valence-electron chi connectivity index (χ4n) is 4.34. The predicted octanol–water partition coefficient (Wildman–Crippen LogP) is 6.57. The first-order chi connectivity index (χ1) is 35.1. The number of rotatable bonds is 29. The molecule has 20 heteroatoms. The largest absolute Gasteiger partial charge is 0.463 e. The number of aliphatic hydroxyl groups excluding tert-OH is 4. The zero-order valence-electron chi connectivity index (χ0n) is 47.4. The van der Waals surface area contributed by atoms with Crippen LogP contribution in [0.1, 0.15) is 139 Å². The maximum atomic E-state index is 12.0. The van der Waals surface area contributed by atoms with Crippen LogP contribution in [0.25, 0.3) is 0 Å². The van der Waals surface area contributed by atoms with Crippen molar-refractivity contribution in [3.63, 3.8) is 0 Å². The SMILES string of the molecule is C=C(C)C(=O)OCC(O)COC(=O)C(C)(C)CC.C=C(C)C(=O)OCC(O)COC(=O)C(C)CC.C=C(C)C(=O)OCC(O)COC(=O)c1ccc(C(C)(C)CC)cc1.C=CC(=O)OCC(O)COC(=O)C(C)(C)CC. The van der Waals surface area contributed by atoms with Crippen molar-refractivity contribution >= 4 is 47.8 Å². The minimum absolute atomic E-state index is 0.0474. The van der Waals surface area contributed by atoms with Crippen molar-refractivity contribution in [3.05, 3.63) is 84.5 Å². The van der Waals surface area contributed by atoms with Crippen LogP contribution in [0.5, 0.6) is 0 Å². The Morgan fingerprint density at radius 2 is 0.816 bits per heavy atom. The Kier molecular flexibility index (Phi) is 37.3. The minimum Gasteiger partial charge on any atom is -0.463 e. The van der Waals surface area contributed by atoms with Crippen LogP contribution in [0.15, 0.2) is 73.4 Å². The van der Waals surface area contributed by atoms with Gasteiger partial charge in [-0.15, -0.1) is 0 Å².